The number of anilines is 1. The Kier molecular flexibility index (Phi) is 3.59. The van der Waals surface area contributed by atoms with Gasteiger partial charge in [-0.3, -0.25) is 9.59 Å². The summed E-state index contributed by atoms with van der Waals surface area (Å²) in [7, 11) is 0. The highest BCUT2D eigenvalue weighted by Gasteiger charge is 2.37. The molecule has 5 heteroatoms. The zero-order valence-corrected chi connectivity index (χ0v) is 12.6. The molecule has 1 aromatic carbocycles. The second-order valence-corrected chi connectivity index (χ2v) is 5.71. The van der Waals surface area contributed by atoms with Crippen LogP contribution in [0.15, 0.2) is 41.8 Å². The maximum absolute atomic E-state index is 12.3. The molecule has 0 spiro atoms. The van der Waals surface area contributed by atoms with Crippen LogP contribution in [0.3, 0.4) is 0 Å². The van der Waals surface area contributed by atoms with Gasteiger partial charge in [-0.25, -0.2) is 0 Å². The van der Waals surface area contributed by atoms with E-state index in [2.05, 4.69) is 16.8 Å². The van der Waals surface area contributed by atoms with Crippen LogP contribution >= 0.6 is 11.8 Å². The number of ketones is 1. The number of hydrogen-bond acceptors (Lipinski definition) is 4. The third-order valence-electron chi connectivity index (χ3n) is 3.83. The van der Waals surface area contributed by atoms with E-state index < -0.39 is 0 Å². The Labute approximate surface area is 127 Å². The number of nitrogens with one attached hydrogen (secondary N) is 1. The number of Topliss-reactive ketones (excluding diaryl/α,β-unsaturated/α-hetero) is 1. The Morgan fingerprint density at radius 3 is 2.90 bits per heavy atom. The van der Waals surface area contributed by atoms with E-state index in [4.69, 9.17) is 0 Å². The van der Waals surface area contributed by atoms with Gasteiger partial charge in [0.25, 0.3) is 5.91 Å². The van der Waals surface area contributed by atoms with Gasteiger partial charge in [0.1, 0.15) is 6.17 Å². The maximum atomic E-state index is 12.3. The van der Waals surface area contributed by atoms with Gasteiger partial charge in [0.15, 0.2) is 5.78 Å². The Morgan fingerprint density at radius 1 is 1.43 bits per heavy atom. The lowest BCUT2D eigenvalue weighted by Crippen LogP contribution is -2.55. The second kappa shape index (κ2) is 5.41. The highest BCUT2D eigenvalue weighted by atomic mass is 32.2. The van der Waals surface area contributed by atoms with E-state index in [1.54, 1.807) is 36.0 Å². The lowest BCUT2D eigenvalue weighted by atomic mass is 9.92. The minimum absolute atomic E-state index is 0.102. The van der Waals surface area contributed by atoms with E-state index in [9.17, 15) is 9.59 Å². The van der Waals surface area contributed by atoms with E-state index in [0.717, 1.165) is 11.3 Å². The fourth-order valence-corrected chi connectivity index (χ4v) is 3.39. The highest BCUT2D eigenvalue weighted by molar-refractivity contribution is 8.01. The summed E-state index contributed by atoms with van der Waals surface area (Å²) in [6.07, 6.45) is 3.93. The van der Waals surface area contributed by atoms with E-state index >= 15 is 0 Å². The first-order chi connectivity index (χ1) is 10.2. The zero-order chi connectivity index (χ0) is 15.0. The first kappa shape index (κ1) is 13.9. The van der Waals surface area contributed by atoms with Crippen molar-refractivity contribution in [1.29, 1.82) is 0 Å². The SMILES string of the molecule is C=C/C(=C\SC)C1NC(=O)c2cccc3c2N1CCC3=O. The molecule has 1 unspecified atom stereocenters. The molecule has 0 saturated heterocycles. The van der Waals surface area contributed by atoms with Crippen molar-refractivity contribution in [2.75, 3.05) is 17.7 Å². The smallest absolute Gasteiger partial charge is 0.255 e. The number of para-hydroxylation sites is 1. The minimum atomic E-state index is -0.260. The lowest BCUT2D eigenvalue weighted by molar-refractivity contribution is 0.0929. The molecule has 1 aromatic rings. The number of hydrogen-bond donors (Lipinski definition) is 1. The summed E-state index contributed by atoms with van der Waals surface area (Å²) in [4.78, 5) is 26.5. The van der Waals surface area contributed by atoms with Crippen molar-refractivity contribution < 1.29 is 9.59 Å². The van der Waals surface area contributed by atoms with Crippen molar-refractivity contribution in [3.05, 3.63) is 53.0 Å². The average Bonchev–Trinajstić information content (AvgIpc) is 2.50. The van der Waals surface area contributed by atoms with Crippen LogP contribution in [-0.4, -0.2) is 30.7 Å². The minimum Gasteiger partial charge on any atom is -0.346 e. The van der Waals surface area contributed by atoms with Crippen molar-refractivity contribution in [2.24, 2.45) is 0 Å². The Morgan fingerprint density at radius 2 is 2.19 bits per heavy atom. The molecule has 0 aliphatic carbocycles. The summed E-state index contributed by atoms with van der Waals surface area (Å²) < 4.78 is 0. The van der Waals surface area contributed by atoms with Crippen molar-refractivity contribution in [1.82, 2.24) is 5.32 Å². The van der Waals surface area contributed by atoms with Crippen LogP contribution in [-0.2, 0) is 0 Å². The fraction of sp³-hybridized carbons (Fsp3) is 0.250. The normalized spacial score (nSPS) is 20.9. The number of carbonyl (C=O) groups excluding carboxylic acids is 2. The summed E-state index contributed by atoms with van der Waals surface area (Å²) in [6, 6.07) is 5.33. The zero-order valence-electron chi connectivity index (χ0n) is 11.8. The summed E-state index contributed by atoms with van der Waals surface area (Å²) in [5.41, 5.74) is 2.91. The molecule has 0 saturated carbocycles. The standard InChI is InChI=1S/C16H16N2O2S/c1-3-10(9-21-2)15-17-16(20)12-6-4-5-11-13(19)7-8-18(15)14(11)12/h3-6,9,15H,1,7-8H2,2H3,(H,17,20)/b10-9+. The molecule has 2 aliphatic heterocycles. The van der Waals surface area contributed by atoms with Crippen molar-refractivity contribution in [3.8, 4) is 0 Å². The molecule has 0 radical (unpaired) electrons. The van der Waals surface area contributed by atoms with Crippen molar-refractivity contribution in [2.45, 2.75) is 12.6 Å². The number of rotatable bonds is 3. The Hall–Kier alpha value is -2.01. The Balaban J connectivity index is 2.15. The van der Waals surface area contributed by atoms with Gasteiger partial charge in [-0.2, -0.15) is 0 Å². The molecule has 1 amide bonds. The van der Waals surface area contributed by atoms with Crippen LogP contribution in [0.25, 0.3) is 0 Å². The van der Waals surface area contributed by atoms with Crippen molar-refractivity contribution >= 4 is 29.1 Å². The maximum Gasteiger partial charge on any atom is 0.255 e. The van der Waals surface area contributed by atoms with Gasteiger partial charge in [-0.15, -0.1) is 11.8 Å². The molecule has 3 rings (SSSR count). The lowest BCUT2D eigenvalue weighted by Gasteiger charge is -2.42. The molecule has 0 aromatic heterocycles. The molecular formula is C16H16N2O2S. The van der Waals surface area contributed by atoms with Gasteiger partial charge in [-0.1, -0.05) is 18.7 Å². The molecule has 2 aliphatic rings. The predicted octanol–water partition coefficient (Wildman–Crippen LogP) is 2.58. The van der Waals surface area contributed by atoms with Crippen LogP contribution < -0.4 is 10.2 Å². The quantitative estimate of drug-likeness (QED) is 0.872. The molecular weight excluding hydrogens is 284 g/mol. The number of amides is 1. The first-order valence-electron chi connectivity index (χ1n) is 6.76. The molecule has 1 atom stereocenters. The monoisotopic (exact) mass is 300 g/mol. The van der Waals surface area contributed by atoms with Gasteiger partial charge in [-0.05, 0) is 23.8 Å². The molecule has 0 fully saturated rings. The largest absolute Gasteiger partial charge is 0.346 e. The molecule has 1 N–H and O–H groups in total. The van der Waals surface area contributed by atoms with E-state index in [1.165, 1.54) is 0 Å². The van der Waals surface area contributed by atoms with E-state index in [1.807, 2.05) is 11.7 Å². The highest BCUT2D eigenvalue weighted by Crippen LogP contribution is 2.36. The van der Waals surface area contributed by atoms with Gasteiger partial charge >= 0.3 is 0 Å². The fourth-order valence-electron chi connectivity index (χ4n) is 2.89. The molecule has 108 valence electrons. The molecule has 21 heavy (non-hydrogen) atoms. The number of thioether (sulfide) groups is 1. The predicted molar refractivity (Wildman–Crippen MR) is 85.8 cm³/mol. The Bertz CT molecular complexity index is 652. The summed E-state index contributed by atoms with van der Waals surface area (Å²) in [5, 5.41) is 4.98. The van der Waals surface area contributed by atoms with Crippen LogP contribution in [0, 0.1) is 0 Å². The topological polar surface area (TPSA) is 49.4 Å². The number of carbonyl (C=O) groups is 2. The first-order valence-corrected chi connectivity index (χ1v) is 8.05. The summed E-state index contributed by atoms with van der Waals surface area (Å²) in [5.74, 6) is -0.0396. The third-order valence-corrected chi connectivity index (χ3v) is 4.34. The van der Waals surface area contributed by atoms with E-state index in [-0.39, 0.29) is 17.9 Å². The van der Waals surface area contributed by atoms with Crippen LogP contribution in [0.5, 0.6) is 0 Å². The third kappa shape index (κ3) is 2.17. The van der Waals surface area contributed by atoms with Gasteiger partial charge in [0.05, 0.1) is 11.3 Å². The van der Waals surface area contributed by atoms with Crippen LogP contribution in [0.2, 0.25) is 0 Å². The van der Waals surface area contributed by atoms with E-state index in [0.29, 0.717) is 24.1 Å². The number of nitrogens with zero attached hydrogens (tertiary/aromatic N) is 1. The molecule has 4 nitrogen and oxygen atoms in total. The van der Waals surface area contributed by atoms with Crippen molar-refractivity contribution in [3.63, 3.8) is 0 Å². The second-order valence-electron chi connectivity index (χ2n) is 5.00. The number of benzene rings is 1. The van der Waals surface area contributed by atoms with Crippen LogP contribution in [0.4, 0.5) is 5.69 Å². The summed E-state index contributed by atoms with van der Waals surface area (Å²) in [6.45, 7) is 4.44. The van der Waals surface area contributed by atoms with Crippen LogP contribution in [0.1, 0.15) is 27.1 Å². The van der Waals surface area contributed by atoms with Gasteiger partial charge < -0.3 is 10.2 Å². The van der Waals surface area contributed by atoms with Gasteiger partial charge in [0, 0.05) is 24.1 Å². The molecule has 0 bridgehead atoms. The molecule has 2 heterocycles. The summed E-state index contributed by atoms with van der Waals surface area (Å²) >= 11 is 1.57. The average molecular weight is 300 g/mol. The van der Waals surface area contributed by atoms with Gasteiger partial charge in [0.2, 0.25) is 0 Å².